The summed E-state index contributed by atoms with van der Waals surface area (Å²) < 4.78 is 31.3. The molecule has 6 heteroatoms. The first-order valence-electron chi connectivity index (χ1n) is 4.70. The zero-order valence-electron chi connectivity index (χ0n) is 8.37. The standard InChI is InChI=1S/C9H14F2O4/c1-15-6-3-2-4-8(14,5-6)9(10,11)7(12)13/h6,14H,2-5H2,1H3,(H,12,13). The minimum Gasteiger partial charge on any atom is -0.477 e. The van der Waals surface area contributed by atoms with E-state index in [1.807, 2.05) is 0 Å². The highest BCUT2D eigenvalue weighted by Gasteiger charge is 2.60. The smallest absolute Gasteiger partial charge is 0.377 e. The van der Waals surface area contributed by atoms with Crippen molar-refractivity contribution in [2.45, 2.75) is 43.3 Å². The normalized spacial score (nSPS) is 32.7. The summed E-state index contributed by atoms with van der Waals surface area (Å²) in [5.41, 5.74) is -2.49. The van der Waals surface area contributed by atoms with Gasteiger partial charge < -0.3 is 14.9 Å². The lowest BCUT2D eigenvalue weighted by atomic mass is 9.78. The van der Waals surface area contributed by atoms with E-state index < -0.39 is 23.6 Å². The molecule has 0 radical (unpaired) electrons. The third kappa shape index (κ3) is 2.10. The Morgan fingerprint density at radius 3 is 2.67 bits per heavy atom. The van der Waals surface area contributed by atoms with Gasteiger partial charge in [0.1, 0.15) is 5.60 Å². The Labute approximate surface area is 85.8 Å². The van der Waals surface area contributed by atoms with Crippen molar-refractivity contribution < 1.29 is 28.5 Å². The first-order chi connectivity index (χ1) is 6.83. The summed E-state index contributed by atoms with van der Waals surface area (Å²) in [6, 6.07) is 0. The van der Waals surface area contributed by atoms with Gasteiger partial charge in [-0.1, -0.05) is 0 Å². The van der Waals surface area contributed by atoms with Crippen LogP contribution in [0.25, 0.3) is 0 Å². The third-order valence-electron chi connectivity index (χ3n) is 2.87. The van der Waals surface area contributed by atoms with Crippen molar-refractivity contribution in [3.63, 3.8) is 0 Å². The van der Waals surface area contributed by atoms with E-state index in [4.69, 9.17) is 9.84 Å². The van der Waals surface area contributed by atoms with Gasteiger partial charge >= 0.3 is 11.9 Å². The molecule has 2 atom stereocenters. The Bertz CT molecular complexity index is 256. The van der Waals surface area contributed by atoms with Gasteiger partial charge in [0.15, 0.2) is 0 Å². The summed E-state index contributed by atoms with van der Waals surface area (Å²) in [4.78, 5) is 10.4. The van der Waals surface area contributed by atoms with Crippen molar-refractivity contribution in [3.05, 3.63) is 0 Å². The minimum atomic E-state index is -4.12. The minimum absolute atomic E-state index is 0.216. The van der Waals surface area contributed by atoms with E-state index >= 15 is 0 Å². The molecule has 1 rings (SSSR count). The molecular weight excluding hydrogens is 210 g/mol. The lowest BCUT2D eigenvalue weighted by Crippen LogP contribution is -2.56. The van der Waals surface area contributed by atoms with E-state index in [1.54, 1.807) is 0 Å². The Morgan fingerprint density at radius 2 is 2.20 bits per heavy atom. The molecule has 15 heavy (non-hydrogen) atoms. The highest BCUT2D eigenvalue weighted by molar-refractivity contribution is 5.77. The average molecular weight is 224 g/mol. The lowest BCUT2D eigenvalue weighted by Gasteiger charge is -2.39. The van der Waals surface area contributed by atoms with Crippen LogP contribution in [0.5, 0.6) is 0 Å². The van der Waals surface area contributed by atoms with E-state index in [-0.39, 0.29) is 12.8 Å². The molecule has 2 unspecified atom stereocenters. The summed E-state index contributed by atoms with van der Waals surface area (Å²) in [7, 11) is 1.36. The number of hydrogen-bond donors (Lipinski definition) is 2. The van der Waals surface area contributed by atoms with Crippen molar-refractivity contribution in [1.82, 2.24) is 0 Å². The van der Waals surface area contributed by atoms with E-state index in [0.717, 1.165) is 0 Å². The molecule has 2 N–H and O–H groups in total. The first kappa shape index (κ1) is 12.3. The zero-order valence-corrected chi connectivity index (χ0v) is 8.37. The van der Waals surface area contributed by atoms with Crippen molar-refractivity contribution in [3.8, 4) is 0 Å². The lowest BCUT2D eigenvalue weighted by molar-refractivity contribution is -0.223. The van der Waals surface area contributed by atoms with Crippen LogP contribution in [0.3, 0.4) is 0 Å². The molecule has 88 valence electrons. The fourth-order valence-electron chi connectivity index (χ4n) is 1.89. The number of rotatable bonds is 3. The van der Waals surface area contributed by atoms with E-state index in [1.165, 1.54) is 7.11 Å². The van der Waals surface area contributed by atoms with Gasteiger partial charge in [0.2, 0.25) is 0 Å². The van der Waals surface area contributed by atoms with Gasteiger partial charge in [0.05, 0.1) is 6.10 Å². The predicted octanol–water partition coefficient (Wildman–Crippen LogP) is 1.03. The molecule has 1 fully saturated rings. The van der Waals surface area contributed by atoms with Gasteiger partial charge in [0, 0.05) is 13.5 Å². The molecule has 1 saturated carbocycles. The summed E-state index contributed by atoms with van der Waals surface area (Å²) in [6.07, 6.45) is -0.171. The molecule has 0 spiro atoms. The average Bonchev–Trinajstić information content (AvgIpc) is 2.17. The highest BCUT2D eigenvalue weighted by atomic mass is 19.3. The topological polar surface area (TPSA) is 66.8 Å². The molecule has 4 nitrogen and oxygen atoms in total. The Balaban J connectivity index is 2.85. The molecule has 0 saturated heterocycles. The van der Waals surface area contributed by atoms with Crippen LogP contribution in [0, 0.1) is 0 Å². The fourth-order valence-corrected chi connectivity index (χ4v) is 1.89. The third-order valence-corrected chi connectivity index (χ3v) is 2.87. The van der Waals surface area contributed by atoms with Crippen molar-refractivity contribution in [1.29, 1.82) is 0 Å². The number of ether oxygens (including phenoxy) is 1. The SMILES string of the molecule is COC1CCCC(O)(C(F)(F)C(=O)O)C1. The molecular formula is C9H14F2O4. The largest absolute Gasteiger partial charge is 0.477 e. The molecule has 0 bridgehead atoms. The van der Waals surface area contributed by atoms with Gasteiger partial charge in [-0.3, -0.25) is 0 Å². The van der Waals surface area contributed by atoms with Gasteiger partial charge in [-0.05, 0) is 19.3 Å². The maximum atomic E-state index is 13.2. The molecule has 1 aliphatic carbocycles. The Morgan fingerprint density at radius 1 is 1.60 bits per heavy atom. The number of aliphatic carboxylic acids is 1. The quantitative estimate of drug-likeness (QED) is 0.751. The molecule has 0 aromatic rings. The van der Waals surface area contributed by atoms with Gasteiger partial charge in [0.25, 0.3) is 0 Å². The van der Waals surface area contributed by atoms with Crippen molar-refractivity contribution >= 4 is 5.97 Å². The molecule has 0 amide bonds. The fraction of sp³-hybridized carbons (Fsp3) is 0.889. The maximum Gasteiger partial charge on any atom is 0.377 e. The Kier molecular flexibility index (Phi) is 3.30. The summed E-state index contributed by atoms with van der Waals surface area (Å²) >= 11 is 0. The van der Waals surface area contributed by atoms with E-state index in [0.29, 0.717) is 12.8 Å². The van der Waals surface area contributed by atoms with Crippen LogP contribution in [0.4, 0.5) is 8.78 Å². The number of carboxylic acid groups (broad SMARTS) is 1. The first-order valence-corrected chi connectivity index (χ1v) is 4.70. The molecule has 0 heterocycles. The van der Waals surface area contributed by atoms with Crippen LogP contribution >= 0.6 is 0 Å². The number of halogens is 2. The second-order valence-electron chi connectivity index (χ2n) is 3.87. The van der Waals surface area contributed by atoms with Gasteiger partial charge in [-0.15, -0.1) is 0 Å². The van der Waals surface area contributed by atoms with Crippen LogP contribution in [0.2, 0.25) is 0 Å². The summed E-state index contributed by atoms with van der Waals surface area (Å²) in [5, 5.41) is 18.0. The predicted molar refractivity (Wildman–Crippen MR) is 46.8 cm³/mol. The van der Waals surface area contributed by atoms with Crippen LogP contribution < -0.4 is 0 Å². The number of aliphatic hydroxyl groups is 1. The van der Waals surface area contributed by atoms with Crippen LogP contribution in [-0.2, 0) is 9.53 Å². The number of carbonyl (C=O) groups is 1. The maximum absolute atomic E-state index is 13.2. The van der Waals surface area contributed by atoms with Gasteiger partial charge in [-0.2, -0.15) is 8.78 Å². The number of methoxy groups -OCH3 is 1. The Hall–Kier alpha value is -0.750. The monoisotopic (exact) mass is 224 g/mol. The van der Waals surface area contributed by atoms with Crippen LogP contribution in [-0.4, -0.2) is 40.9 Å². The van der Waals surface area contributed by atoms with Crippen molar-refractivity contribution in [2.75, 3.05) is 7.11 Å². The van der Waals surface area contributed by atoms with E-state index in [9.17, 15) is 18.7 Å². The van der Waals surface area contributed by atoms with Crippen molar-refractivity contribution in [2.24, 2.45) is 0 Å². The number of alkyl halides is 2. The molecule has 0 aliphatic heterocycles. The van der Waals surface area contributed by atoms with Gasteiger partial charge in [-0.25, -0.2) is 4.79 Å². The number of hydrogen-bond acceptors (Lipinski definition) is 3. The second-order valence-corrected chi connectivity index (χ2v) is 3.87. The summed E-state index contributed by atoms with van der Waals surface area (Å²) in [6.45, 7) is 0. The zero-order chi connectivity index (χ0) is 11.7. The molecule has 1 aliphatic rings. The molecule has 0 aromatic heterocycles. The highest BCUT2D eigenvalue weighted by Crippen LogP contribution is 2.41. The van der Waals surface area contributed by atoms with Crippen LogP contribution in [0.1, 0.15) is 25.7 Å². The molecule has 0 aromatic carbocycles. The summed E-state index contributed by atoms with van der Waals surface area (Å²) in [5.74, 6) is -6.41. The van der Waals surface area contributed by atoms with E-state index in [2.05, 4.69) is 0 Å². The van der Waals surface area contributed by atoms with Crippen LogP contribution in [0.15, 0.2) is 0 Å². The second kappa shape index (κ2) is 4.02. The number of carboxylic acids is 1.